The molecular formula is C21H25ClN4O2. The fraction of sp³-hybridized carbons (Fsp3) is 0.333. The van der Waals surface area contributed by atoms with E-state index >= 15 is 0 Å². The van der Waals surface area contributed by atoms with Gasteiger partial charge >= 0.3 is 0 Å². The molecule has 1 aliphatic heterocycles. The molecule has 1 unspecified atom stereocenters. The number of anilines is 3. The first-order valence-electron chi connectivity index (χ1n) is 9.34. The number of hydrogen-bond donors (Lipinski definition) is 2. The number of rotatable bonds is 6. The zero-order chi connectivity index (χ0) is 20.3. The quantitative estimate of drug-likeness (QED) is 0.440. The molecule has 1 aromatic carbocycles. The Morgan fingerprint density at radius 2 is 2.14 bits per heavy atom. The molecular weight excluding hydrogens is 376 g/mol. The van der Waals surface area contributed by atoms with E-state index in [9.17, 15) is 9.59 Å². The van der Waals surface area contributed by atoms with E-state index in [2.05, 4.69) is 5.32 Å². The highest BCUT2D eigenvalue weighted by Crippen LogP contribution is 2.38. The Kier molecular flexibility index (Phi) is 6.09. The van der Waals surface area contributed by atoms with Gasteiger partial charge in [-0.25, -0.2) is 0 Å². The molecule has 1 aliphatic rings. The SMILES string of the molecule is CCCC(=O)Nc1cc(/C=C/C(=O)N2CC(CCl)c3ccc(N)cc32)n(C)c1. The average molecular weight is 401 g/mol. The molecule has 1 aromatic heterocycles. The van der Waals surface area contributed by atoms with Gasteiger partial charge in [0, 0.05) is 61.2 Å². The van der Waals surface area contributed by atoms with Crippen molar-refractivity contribution in [1.82, 2.24) is 4.57 Å². The van der Waals surface area contributed by atoms with Gasteiger partial charge in [0.05, 0.1) is 5.69 Å². The molecule has 1 atom stereocenters. The van der Waals surface area contributed by atoms with Gasteiger partial charge in [-0.3, -0.25) is 9.59 Å². The van der Waals surface area contributed by atoms with Crippen LogP contribution in [0.1, 0.15) is 36.9 Å². The third kappa shape index (κ3) is 4.22. The van der Waals surface area contributed by atoms with Crippen LogP contribution in [-0.4, -0.2) is 28.8 Å². The van der Waals surface area contributed by atoms with Crippen LogP contribution in [0.15, 0.2) is 36.5 Å². The Morgan fingerprint density at radius 3 is 2.86 bits per heavy atom. The maximum absolute atomic E-state index is 12.8. The third-order valence-electron chi connectivity index (χ3n) is 4.84. The summed E-state index contributed by atoms with van der Waals surface area (Å²) in [5.74, 6) is 0.406. The normalized spacial score (nSPS) is 15.8. The van der Waals surface area contributed by atoms with Gasteiger partial charge in [0.1, 0.15) is 0 Å². The molecule has 0 aliphatic carbocycles. The maximum atomic E-state index is 12.8. The molecule has 2 heterocycles. The fourth-order valence-corrected chi connectivity index (χ4v) is 3.67. The average Bonchev–Trinajstić information content (AvgIpc) is 3.19. The van der Waals surface area contributed by atoms with E-state index in [1.54, 1.807) is 11.0 Å². The standard InChI is InChI=1S/C21H25ClN4O2/c1-3-4-20(27)24-16-10-17(25(2)13-16)6-8-21(28)26-12-14(11-22)18-7-5-15(23)9-19(18)26/h5-10,13-14H,3-4,11-12,23H2,1-2H3,(H,24,27)/b8-6+. The Labute approximate surface area is 170 Å². The lowest BCUT2D eigenvalue weighted by Crippen LogP contribution is -2.28. The summed E-state index contributed by atoms with van der Waals surface area (Å²) < 4.78 is 1.86. The van der Waals surface area contributed by atoms with Crippen molar-refractivity contribution in [3.8, 4) is 0 Å². The van der Waals surface area contributed by atoms with Crippen LogP contribution in [0.3, 0.4) is 0 Å². The van der Waals surface area contributed by atoms with Crippen LogP contribution in [0.25, 0.3) is 6.08 Å². The number of aryl methyl sites for hydroxylation is 1. The van der Waals surface area contributed by atoms with Crippen molar-refractivity contribution < 1.29 is 9.59 Å². The number of nitrogens with zero attached hydrogens (tertiary/aromatic N) is 2. The second kappa shape index (κ2) is 8.52. The first kappa shape index (κ1) is 20.0. The van der Waals surface area contributed by atoms with Crippen molar-refractivity contribution in [2.75, 3.05) is 28.4 Å². The molecule has 148 valence electrons. The number of benzene rings is 1. The molecule has 0 bridgehead atoms. The largest absolute Gasteiger partial charge is 0.399 e. The predicted octanol–water partition coefficient (Wildman–Crippen LogP) is 3.73. The first-order valence-corrected chi connectivity index (χ1v) is 9.87. The van der Waals surface area contributed by atoms with Gasteiger partial charge in [-0.15, -0.1) is 11.6 Å². The molecule has 28 heavy (non-hydrogen) atoms. The number of nitrogen functional groups attached to an aromatic ring is 1. The molecule has 7 heteroatoms. The summed E-state index contributed by atoms with van der Waals surface area (Å²) in [6.07, 6.45) is 6.39. The van der Waals surface area contributed by atoms with E-state index in [1.165, 1.54) is 6.08 Å². The van der Waals surface area contributed by atoms with Crippen LogP contribution in [-0.2, 0) is 16.6 Å². The monoisotopic (exact) mass is 400 g/mol. The molecule has 0 spiro atoms. The lowest BCUT2D eigenvalue weighted by Gasteiger charge is -2.15. The van der Waals surface area contributed by atoms with Crippen molar-refractivity contribution in [1.29, 1.82) is 0 Å². The summed E-state index contributed by atoms with van der Waals surface area (Å²) in [5, 5.41) is 2.86. The van der Waals surface area contributed by atoms with Gasteiger partial charge in [-0.1, -0.05) is 13.0 Å². The molecule has 0 fully saturated rings. The predicted molar refractivity (Wildman–Crippen MR) is 115 cm³/mol. The number of nitrogens with two attached hydrogens (primary N) is 1. The number of hydrogen-bond acceptors (Lipinski definition) is 3. The van der Waals surface area contributed by atoms with Gasteiger partial charge in [0.15, 0.2) is 0 Å². The van der Waals surface area contributed by atoms with Gasteiger partial charge in [-0.05, 0) is 36.3 Å². The van der Waals surface area contributed by atoms with E-state index in [0.717, 1.165) is 29.1 Å². The van der Waals surface area contributed by atoms with Crippen molar-refractivity contribution in [2.24, 2.45) is 7.05 Å². The molecule has 2 amide bonds. The number of alkyl halides is 1. The number of nitrogens with one attached hydrogen (secondary N) is 1. The summed E-state index contributed by atoms with van der Waals surface area (Å²) in [6, 6.07) is 7.43. The highest BCUT2D eigenvalue weighted by Gasteiger charge is 2.31. The van der Waals surface area contributed by atoms with Crippen LogP contribution < -0.4 is 16.0 Å². The van der Waals surface area contributed by atoms with Crippen LogP contribution in [0.2, 0.25) is 0 Å². The second-order valence-corrected chi connectivity index (χ2v) is 7.32. The Hall–Kier alpha value is -2.73. The molecule has 3 rings (SSSR count). The number of halogens is 1. The summed E-state index contributed by atoms with van der Waals surface area (Å²) in [6.45, 7) is 2.50. The maximum Gasteiger partial charge on any atom is 0.251 e. The summed E-state index contributed by atoms with van der Waals surface area (Å²) in [5.41, 5.74) is 9.92. The van der Waals surface area contributed by atoms with E-state index in [1.807, 2.05) is 49.0 Å². The lowest BCUT2D eigenvalue weighted by molar-refractivity contribution is -0.116. The van der Waals surface area contributed by atoms with Crippen LogP contribution >= 0.6 is 11.6 Å². The number of carbonyl (C=O) groups excluding carboxylic acids is 2. The summed E-state index contributed by atoms with van der Waals surface area (Å²) in [4.78, 5) is 26.3. The van der Waals surface area contributed by atoms with E-state index in [-0.39, 0.29) is 17.7 Å². The molecule has 3 N–H and O–H groups in total. The molecule has 0 radical (unpaired) electrons. The minimum Gasteiger partial charge on any atom is -0.399 e. The summed E-state index contributed by atoms with van der Waals surface area (Å²) in [7, 11) is 1.87. The summed E-state index contributed by atoms with van der Waals surface area (Å²) >= 11 is 6.08. The lowest BCUT2D eigenvalue weighted by atomic mass is 10.0. The van der Waals surface area contributed by atoms with E-state index in [4.69, 9.17) is 17.3 Å². The van der Waals surface area contributed by atoms with Gasteiger partial charge < -0.3 is 20.5 Å². The molecule has 0 saturated heterocycles. The number of amides is 2. The number of carbonyl (C=O) groups is 2. The van der Waals surface area contributed by atoms with E-state index < -0.39 is 0 Å². The highest BCUT2D eigenvalue weighted by atomic mass is 35.5. The number of aromatic nitrogens is 1. The highest BCUT2D eigenvalue weighted by molar-refractivity contribution is 6.18. The minimum absolute atomic E-state index is 0.0157. The smallest absolute Gasteiger partial charge is 0.251 e. The Balaban J connectivity index is 1.75. The zero-order valence-electron chi connectivity index (χ0n) is 16.1. The van der Waals surface area contributed by atoms with Crippen molar-refractivity contribution in [3.05, 3.63) is 47.8 Å². The first-order chi connectivity index (χ1) is 13.4. The van der Waals surface area contributed by atoms with Crippen LogP contribution in [0.4, 0.5) is 17.1 Å². The van der Waals surface area contributed by atoms with Gasteiger partial charge in [0.2, 0.25) is 5.91 Å². The van der Waals surface area contributed by atoms with Gasteiger partial charge in [-0.2, -0.15) is 0 Å². The van der Waals surface area contributed by atoms with E-state index in [0.29, 0.717) is 24.5 Å². The van der Waals surface area contributed by atoms with Crippen LogP contribution in [0, 0.1) is 0 Å². The Bertz CT molecular complexity index is 919. The molecule has 0 saturated carbocycles. The molecule has 6 nitrogen and oxygen atoms in total. The molecule has 2 aromatic rings. The van der Waals surface area contributed by atoms with Crippen molar-refractivity contribution in [2.45, 2.75) is 25.7 Å². The fourth-order valence-electron chi connectivity index (χ4n) is 3.41. The third-order valence-corrected chi connectivity index (χ3v) is 5.21. The number of fused-ring (bicyclic) bond motifs is 1. The van der Waals surface area contributed by atoms with Crippen LogP contribution in [0.5, 0.6) is 0 Å². The Morgan fingerprint density at radius 1 is 1.36 bits per heavy atom. The second-order valence-electron chi connectivity index (χ2n) is 7.01. The van der Waals surface area contributed by atoms with Crippen molar-refractivity contribution >= 4 is 46.6 Å². The topological polar surface area (TPSA) is 80.4 Å². The zero-order valence-corrected chi connectivity index (χ0v) is 16.9. The van der Waals surface area contributed by atoms with Gasteiger partial charge in [0.25, 0.3) is 5.91 Å². The van der Waals surface area contributed by atoms with Crippen molar-refractivity contribution in [3.63, 3.8) is 0 Å². The minimum atomic E-state index is -0.128.